The van der Waals surface area contributed by atoms with Crippen LogP contribution in [0.25, 0.3) is 132 Å². The summed E-state index contributed by atoms with van der Waals surface area (Å²) in [5.41, 5.74) is 19.8. The molecule has 1 nitrogen and oxygen atoms in total. The van der Waals surface area contributed by atoms with Crippen molar-refractivity contribution in [3.63, 3.8) is 0 Å². The van der Waals surface area contributed by atoms with Gasteiger partial charge in [-0.15, -0.1) is 0 Å². The lowest BCUT2D eigenvalue weighted by Crippen LogP contribution is -1.98. The first-order valence-corrected chi connectivity index (χ1v) is 22.5. The monoisotopic (exact) mass is 822 g/mol. The van der Waals surface area contributed by atoms with Crippen molar-refractivity contribution in [2.75, 3.05) is 0 Å². The molecular formula is C64H38O. The maximum absolute atomic E-state index is 6.64. The zero-order chi connectivity index (χ0) is 42.6. The SMILES string of the molecule is c1ccc(-c2c3c(c(-c4ccc(-c5ccc(-c6ccc7c(c6)-c6cccc8c(-c9ccccc9)ccc(c68)O7)c6ccccc56)cc4)c4ccccc24)-c2cccc4cccc-3c24)cc1. The molecule has 0 radical (unpaired) electrons. The van der Waals surface area contributed by atoms with Gasteiger partial charge in [0.2, 0.25) is 0 Å². The van der Waals surface area contributed by atoms with Gasteiger partial charge in [0, 0.05) is 10.9 Å². The Morgan fingerprint density at radius 1 is 0.215 bits per heavy atom. The van der Waals surface area contributed by atoms with Crippen LogP contribution in [0, 0.1) is 0 Å². The van der Waals surface area contributed by atoms with Crippen LogP contribution in [0.3, 0.4) is 0 Å². The zero-order valence-corrected chi connectivity index (χ0v) is 35.3. The molecule has 1 heteroatoms. The van der Waals surface area contributed by atoms with Crippen molar-refractivity contribution in [3.8, 4) is 101 Å². The predicted octanol–water partition coefficient (Wildman–Crippen LogP) is 18.1. The summed E-state index contributed by atoms with van der Waals surface area (Å²) in [7, 11) is 0. The van der Waals surface area contributed by atoms with Crippen molar-refractivity contribution in [2.45, 2.75) is 0 Å². The van der Waals surface area contributed by atoms with Crippen LogP contribution >= 0.6 is 0 Å². The molecule has 0 saturated carbocycles. The highest BCUT2D eigenvalue weighted by molar-refractivity contribution is 6.27. The minimum atomic E-state index is 0.885. The number of benzene rings is 12. The second-order valence-corrected chi connectivity index (χ2v) is 17.4. The Bertz CT molecular complexity index is 3930. The number of ether oxygens (including phenoxy) is 1. The standard InChI is InChI=1S/C64H38O/c1-3-14-39(15-4-1)46-35-37-58-62-50(46)24-13-25-53(62)56-38-44(32-36-57(56)65-58)47-34-33-45(48-20-7-8-21-49(47)48)40-28-30-43(31-29-40)61-52-23-10-9-22-51(52)60(42-16-5-2-6-17-42)63-54-26-11-18-41-19-12-27-55(59(41)54)64(61)63/h1-38H. The van der Waals surface area contributed by atoms with Gasteiger partial charge >= 0.3 is 0 Å². The van der Waals surface area contributed by atoms with E-state index < -0.39 is 0 Å². The van der Waals surface area contributed by atoms with E-state index in [1.165, 1.54) is 121 Å². The number of hydrogen-bond donors (Lipinski definition) is 0. The summed E-state index contributed by atoms with van der Waals surface area (Å²) in [5.74, 6) is 1.79. The Labute approximate surface area is 377 Å². The van der Waals surface area contributed by atoms with Gasteiger partial charge in [-0.05, 0) is 139 Å². The molecule has 0 fully saturated rings. The highest BCUT2D eigenvalue weighted by Crippen LogP contribution is 2.58. The van der Waals surface area contributed by atoms with Crippen molar-refractivity contribution < 1.29 is 4.74 Å². The van der Waals surface area contributed by atoms with Gasteiger partial charge in [-0.1, -0.05) is 212 Å². The van der Waals surface area contributed by atoms with Gasteiger partial charge in [0.15, 0.2) is 0 Å². The van der Waals surface area contributed by atoms with E-state index in [-0.39, 0.29) is 0 Å². The molecule has 0 amide bonds. The lowest BCUT2D eigenvalue weighted by molar-refractivity contribution is 0.487. The van der Waals surface area contributed by atoms with E-state index in [0.717, 1.165) is 22.4 Å². The summed E-state index contributed by atoms with van der Waals surface area (Å²) in [6, 6.07) is 84.6. The molecule has 0 unspecified atom stereocenters. The third kappa shape index (κ3) is 5.33. The predicted molar refractivity (Wildman–Crippen MR) is 274 cm³/mol. The van der Waals surface area contributed by atoms with Crippen LogP contribution in [0.5, 0.6) is 11.5 Å². The smallest absolute Gasteiger partial charge is 0.135 e. The van der Waals surface area contributed by atoms with Crippen LogP contribution in [0.4, 0.5) is 0 Å². The Hall–Kier alpha value is -8.52. The second kappa shape index (κ2) is 14.0. The quantitative estimate of drug-likeness (QED) is 0.168. The summed E-state index contributed by atoms with van der Waals surface area (Å²) in [6.07, 6.45) is 0. The normalized spacial score (nSPS) is 12.1. The zero-order valence-electron chi connectivity index (χ0n) is 35.3. The van der Waals surface area contributed by atoms with Crippen LogP contribution in [0.15, 0.2) is 231 Å². The van der Waals surface area contributed by atoms with E-state index in [2.05, 4.69) is 231 Å². The molecule has 0 saturated heterocycles. The third-order valence-corrected chi connectivity index (χ3v) is 14.0. The maximum atomic E-state index is 6.64. The molecule has 0 atom stereocenters. The largest absolute Gasteiger partial charge is 0.456 e. The topological polar surface area (TPSA) is 9.23 Å². The maximum Gasteiger partial charge on any atom is 0.135 e. The van der Waals surface area contributed by atoms with Crippen molar-refractivity contribution in [1.82, 2.24) is 0 Å². The summed E-state index contributed by atoms with van der Waals surface area (Å²) >= 11 is 0. The fourth-order valence-corrected chi connectivity index (χ4v) is 11.2. The fraction of sp³-hybridized carbons (Fsp3) is 0. The Balaban J connectivity index is 0.897. The lowest BCUT2D eigenvalue weighted by Gasteiger charge is -2.23. The van der Waals surface area contributed by atoms with E-state index in [9.17, 15) is 0 Å². The van der Waals surface area contributed by atoms with Crippen LogP contribution in [-0.2, 0) is 0 Å². The van der Waals surface area contributed by atoms with Crippen LogP contribution in [-0.4, -0.2) is 0 Å². The Morgan fingerprint density at radius 2 is 0.662 bits per heavy atom. The van der Waals surface area contributed by atoms with Gasteiger partial charge in [0.05, 0.1) is 0 Å². The highest BCUT2D eigenvalue weighted by Gasteiger charge is 2.30. The van der Waals surface area contributed by atoms with Crippen molar-refractivity contribution >= 4 is 43.1 Å². The molecule has 1 aliphatic heterocycles. The van der Waals surface area contributed by atoms with E-state index in [1.54, 1.807) is 0 Å². The first-order valence-electron chi connectivity index (χ1n) is 22.5. The summed E-state index contributed by atoms with van der Waals surface area (Å²) < 4.78 is 6.64. The van der Waals surface area contributed by atoms with Gasteiger partial charge in [-0.2, -0.15) is 0 Å². The average molecular weight is 823 g/mol. The molecule has 14 rings (SSSR count). The van der Waals surface area contributed by atoms with E-state index in [4.69, 9.17) is 4.74 Å². The van der Waals surface area contributed by atoms with Gasteiger partial charge in [-0.25, -0.2) is 0 Å². The minimum Gasteiger partial charge on any atom is -0.456 e. The first kappa shape index (κ1) is 36.0. The van der Waals surface area contributed by atoms with Gasteiger partial charge < -0.3 is 4.74 Å². The van der Waals surface area contributed by atoms with Crippen molar-refractivity contribution in [2.24, 2.45) is 0 Å². The molecule has 65 heavy (non-hydrogen) atoms. The molecule has 1 aliphatic carbocycles. The van der Waals surface area contributed by atoms with Gasteiger partial charge in [-0.3, -0.25) is 0 Å². The first-order chi connectivity index (χ1) is 32.3. The van der Waals surface area contributed by atoms with Crippen molar-refractivity contribution in [1.29, 1.82) is 0 Å². The second-order valence-electron chi connectivity index (χ2n) is 17.4. The van der Waals surface area contributed by atoms with E-state index in [0.29, 0.717) is 0 Å². The molecule has 0 spiro atoms. The number of rotatable bonds is 5. The molecule has 2 aliphatic rings. The Kier molecular flexibility index (Phi) is 7.75. The Morgan fingerprint density at radius 3 is 1.32 bits per heavy atom. The highest BCUT2D eigenvalue weighted by atomic mass is 16.5. The van der Waals surface area contributed by atoms with Crippen molar-refractivity contribution in [3.05, 3.63) is 231 Å². The minimum absolute atomic E-state index is 0.885. The third-order valence-electron chi connectivity index (χ3n) is 14.0. The molecule has 0 N–H and O–H groups in total. The van der Waals surface area contributed by atoms with Gasteiger partial charge in [0.1, 0.15) is 11.5 Å². The summed E-state index contributed by atoms with van der Waals surface area (Å²) in [5, 5.41) is 9.97. The molecule has 12 aromatic carbocycles. The summed E-state index contributed by atoms with van der Waals surface area (Å²) in [4.78, 5) is 0. The molecule has 0 aromatic heterocycles. The van der Waals surface area contributed by atoms with Crippen LogP contribution in [0.1, 0.15) is 0 Å². The molecule has 1 heterocycles. The number of fused-ring (bicyclic) bond motifs is 7. The number of hydrogen-bond acceptors (Lipinski definition) is 1. The average Bonchev–Trinajstić information content (AvgIpc) is 3.70. The van der Waals surface area contributed by atoms with Gasteiger partial charge in [0.25, 0.3) is 0 Å². The van der Waals surface area contributed by atoms with Crippen LogP contribution < -0.4 is 4.74 Å². The molecule has 12 aromatic rings. The van der Waals surface area contributed by atoms with Crippen LogP contribution in [0.2, 0.25) is 0 Å². The van der Waals surface area contributed by atoms with E-state index in [1.807, 2.05) is 0 Å². The molecule has 300 valence electrons. The van der Waals surface area contributed by atoms with E-state index >= 15 is 0 Å². The molecule has 0 bridgehead atoms. The lowest BCUT2D eigenvalue weighted by atomic mass is 9.82. The molecular weight excluding hydrogens is 785 g/mol. The fourth-order valence-electron chi connectivity index (χ4n) is 11.2. The summed E-state index contributed by atoms with van der Waals surface area (Å²) in [6.45, 7) is 0.